The van der Waals surface area contributed by atoms with Crippen LogP contribution in [0.25, 0.3) is 0 Å². The monoisotopic (exact) mass is 580 g/mol. The van der Waals surface area contributed by atoms with E-state index >= 15 is 0 Å². The number of carbonyl (C=O) groups excluding carboxylic acids is 4. The predicted molar refractivity (Wildman–Crippen MR) is 157 cm³/mol. The number of hydrogen-bond acceptors (Lipinski definition) is 7. The topological polar surface area (TPSA) is 102 Å². The summed E-state index contributed by atoms with van der Waals surface area (Å²) < 4.78 is 17.1. The minimum Gasteiger partial charge on any atom is -0.471 e. The Labute approximate surface area is 250 Å². The van der Waals surface area contributed by atoms with Gasteiger partial charge in [-0.25, -0.2) is 9.59 Å². The number of aldehydes is 1. The van der Waals surface area contributed by atoms with E-state index in [-0.39, 0.29) is 44.3 Å². The normalized spacial score (nSPS) is 19.8. The molecule has 1 unspecified atom stereocenters. The number of rotatable bonds is 12. The molecule has 0 bridgehead atoms. The Hall–Kier alpha value is -5.18. The Morgan fingerprint density at radius 3 is 2.02 bits per heavy atom. The first kappa shape index (κ1) is 29.3. The van der Waals surface area contributed by atoms with E-state index in [4.69, 9.17) is 14.2 Å². The molecule has 2 aliphatic rings. The summed E-state index contributed by atoms with van der Waals surface area (Å²) in [6.07, 6.45) is 4.05. The minimum absolute atomic E-state index is 0.00961. The molecule has 0 N–H and O–H groups in total. The molecule has 3 aromatic rings. The third-order valence-electron chi connectivity index (χ3n) is 7.34. The maximum atomic E-state index is 13.7. The number of amides is 2. The molecule has 3 aromatic carbocycles. The molecule has 0 saturated carbocycles. The molecular formula is C34H32N2O7. The minimum atomic E-state index is -1.63. The van der Waals surface area contributed by atoms with Crippen LogP contribution in [-0.2, 0) is 48.4 Å². The van der Waals surface area contributed by atoms with Crippen molar-refractivity contribution < 1.29 is 33.4 Å². The Morgan fingerprint density at radius 2 is 1.44 bits per heavy atom. The second-order valence-electron chi connectivity index (χ2n) is 10.2. The number of benzene rings is 3. The number of nitrogens with zero attached hydrogens (tertiary/aromatic N) is 2. The molecule has 2 saturated heterocycles. The van der Waals surface area contributed by atoms with Gasteiger partial charge in [-0.2, -0.15) is 0 Å². The number of fused-ring (bicyclic) bond motifs is 1. The Kier molecular flexibility index (Phi) is 9.31. The van der Waals surface area contributed by atoms with Gasteiger partial charge in [0.2, 0.25) is 11.4 Å². The van der Waals surface area contributed by atoms with E-state index in [0.29, 0.717) is 12.8 Å². The molecule has 2 fully saturated rings. The number of ether oxygens (including phenoxy) is 3. The fourth-order valence-electron chi connectivity index (χ4n) is 5.14. The number of allylic oxidation sites excluding steroid dienone is 1. The lowest BCUT2D eigenvalue weighted by atomic mass is 9.88. The van der Waals surface area contributed by atoms with Crippen molar-refractivity contribution in [1.29, 1.82) is 0 Å². The summed E-state index contributed by atoms with van der Waals surface area (Å²) in [5, 5.41) is 0. The first-order chi connectivity index (χ1) is 21.0. The van der Waals surface area contributed by atoms with Crippen molar-refractivity contribution in [2.75, 3.05) is 6.54 Å². The van der Waals surface area contributed by atoms with Gasteiger partial charge in [0, 0.05) is 25.6 Å². The first-order valence-electron chi connectivity index (χ1n) is 14.0. The molecule has 9 heteroatoms. The van der Waals surface area contributed by atoms with Gasteiger partial charge in [0.25, 0.3) is 0 Å². The van der Waals surface area contributed by atoms with Crippen LogP contribution >= 0.6 is 0 Å². The molecule has 5 rings (SSSR count). The van der Waals surface area contributed by atoms with Crippen molar-refractivity contribution in [2.24, 2.45) is 0 Å². The fourth-order valence-corrected chi connectivity index (χ4v) is 5.14. The second-order valence-corrected chi connectivity index (χ2v) is 10.2. The highest BCUT2D eigenvalue weighted by molar-refractivity contribution is 5.96. The standard InChI is InChI=1S/C34H32N2O7/c37-21-18-29-34(36-30(38)22-31(36)43-29,32(39)41-24-27-14-6-2-7-15-27)19-10-11-20-35(23-26-12-4-1-5-13-26)33(40)42-25-28-16-8-3-9-17-28/h1-18,21,31H,19-20,22-25H2/b11-10?,29-18-/t31-,34?/m1/s1. The third-order valence-corrected chi connectivity index (χ3v) is 7.34. The highest BCUT2D eigenvalue weighted by Gasteiger charge is 2.64. The van der Waals surface area contributed by atoms with Crippen LogP contribution in [0.4, 0.5) is 4.79 Å². The fraction of sp³-hybridized carbons (Fsp3) is 0.235. The Balaban J connectivity index is 1.33. The van der Waals surface area contributed by atoms with Crippen molar-refractivity contribution in [3.05, 3.63) is 132 Å². The van der Waals surface area contributed by atoms with Gasteiger partial charge in [0.05, 0.1) is 6.42 Å². The summed E-state index contributed by atoms with van der Waals surface area (Å²) in [5.41, 5.74) is 0.928. The molecule has 43 heavy (non-hydrogen) atoms. The molecule has 2 aliphatic heterocycles. The zero-order valence-electron chi connectivity index (χ0n) is 23.5. The molecule has 0 radical (unpaired) electrons. The lowest BCUT2D eigenvalue weighted by Gasteiger charge is -2.41. The van der Waals surface area contributed by atoms with Gasteiger partial charge in [-0.3, -0.25) is 14.5 Å². The van der Waals surface area contributed by atoms with Gasteiger partial charge in [0.15, 0.2) is 6.23 Å². The van der Waals surface area contributed by atoms with Crippen LogP contribution in [0.1, 0.15) is 29.5 Å². The summed E-state index contributed by atoms with van der Waals surface area (Å²) in [5.74, 6) is -0.919. The number of hydrogen-bond donors (Lipinski definition) is 0. The molecule has 2 amide bonds. The van der Waals surface area contributed by atoms with E-state index in [1.54, 1.807) is 17.1 Å². The average Bonchev–Trinajstić information content (AvgIpc) is 3.29. The van der Waals surface area contributed by atoms with Crippen molar-refractivity contribution in [2.45, 2.75) is 44.4 Å². The van der Waals surface area contributed by atoms with E-state index in [0.717, 1.165) is 22.8 Å². The van der Waals surface area contributed by atoms with Gasteiger partial charge in [-0.05, 0) is 16.7 Å². The molecule has 9 nitrogen and oxygen atoms in total. The van der Waals surface area contributed by atoms with Crippen LogP contribution in [0.5, 0.6) is 0 Å². The first-order valence-corrected chi connectivity index (χ1v) is 14.0. The Morgan fingerprint density at radius 1 is 0.860 bits per heavy atom. The molecule has 2 heterocycles. The highest BCUT2D eigenvalue weighted by Crippen LogP contribution is 2.47. The SMILES string of the molecule is O=C/C=C1\O[C@@H]2CC(=O)N2C1(CC=CCN(Cc1ccccc1)C(=O)OCc1ccccc1)C(=O)OCc1ccccc1. The van der Waals surface area contributed by atoms with E-state index in [2.05, 4.69) is 0 Å². The summed E-state index contributed by atoms with van der Waals surface area (Å²) in [7, 11) is 0. The molecule has 0 aromatic heterocycles. The molecular weight excluding hydrogens is 548 g/mol. The molecule has 0 spiro atoms. The van der Waals surface area contributed by atoms with Crippen LogP contribution < -0.4 is 0 Å². The highest BCUT2D eigenvalue weighted by atomic mass is 16.6. The maximum absolute atomic E-state index is 13.7. The molecule has 220 valence electrons. The lowest BCUT2D eigenvalue weighted by Crippen LogP contribution is -2.63. The second kappa shape index (κ2) is 13.7. The quantitative estimate of drug-likeness (QED) is 0.0985. The summed E-state index contributed by atoms with van der Waals surface area (Å²) in [6, 6.07) is 28.1. The van der Waals surface area contributed by atoms with Crippen LogP contribution in [-0.4, -0.2) is 52.4 Å². The van der Waals surface area contributed by atoms with Crippen LogP contribution in [0.3, 0.4) is 0 Å². The molecule has 2 atom stereocenters. The maximum Gasteiger partial charge on any atom is 0.410 e. The Bertz CT molecular complexity index is 1490. The van der Waals surface area contributed by atoms with Gasteiger partial charge in [-0.15, -0.1) is 0 Å². The van der Waals surface area contributed by atoms with E-state index < -0.39 is 23.8 Å². The van der Waals surface area contributed by atoms with Gasteiger partial charge < -0.3 is 19.1 Å². The zero-order valence-corrected chi connectivity index (χ0v) is 23.5. The zero-order chi connectivity index (χ0) is 30.1. The van der Waals surface area contributed by atoms with Crippen molar-refractivity contribution in [3.63, 3.8) is 0 Å². The van der Waals surface area contributed by atoms with Crippen LogP contribution in [0.15, 0.2) is 115 Å². The number of β-lactam (4-membered cyclic amide) rings is 1. The van der Waals surface area contributed by atoms with E-state index in [1.807, 2.05) is 91.0 Å². The van der Waals surface area contributed by atoms with Gasteiger partial charge >= 0.3 is 12.1 Å². The van der Waals surface area contributed by atoms with Crippen molar-refractivity contribution in [3.8, 4) is 0 Å². The van der Waals surface area contributed by atoms with Crippen molar-refractivity contribution >= 4 is 24.3 Å². The van der Waals surface area contributed by atoms with Gasteiger partial charge in [-0.1, -0.05) is 103 Å². The van der Waals surface area contributed by atoms with E-state index in [9.17, 15) is 19.2 Å². The number of esters is 1. The third kappa shape index (κ3) is 6.67. The number of carbonyl (C=O) groups is 4. The lowest BCUT2D eigenvalue weighted by molar-refractivity contribution is -0.174. The molecule has 0 aliphatic carbocycles. The summed E-state index contributed by atoms with van der Waals surface area (Å²) in [4.78, 5) is 53.9. The average molecular weight is 581 g/mol. The smallest absolute Gasteiger partial charge is 0.410 e. The summed E-state index contributed by atoms with van der Waals surface area (Å²) >= 11 is 0. The van der Waals surface area contributed by atoms with Gasteiger partial charge in [0.1, 0.15) is 25.3 Å². The van der Waals surface area contributed by atoms with Crippen molar-refractivity contribution in [1.82, 2.24) is 9.80 Å². The van der Waals surface area contributed by atoms with E-state index in [1.165, 1.54) is 4.90 Å². The van der Waals surface area contributed by atoms with Crippen LogP contribution in [0.2, 0.25) is 0 Å². The predicted octanol–water partition coefficient (Wildman–Crippen LogP) is 4.93. The summed E-state index contributed by atoms with van der Waals surface area (Å²) in [6.45, 7) is 0.586. The van der Waals surface area contributed by atoms with Crippen LogP contribution in [0, 0.1) is 0 Å². The largest absolute Gasteiger partial charge is 0.471 e.